The summed E-state index contributed by atoms with van der Waals surface area (Å²) in [5, 5.41) is 11.0. The van der Waals surface area contributed by atoms with E-state index < -0.39 is 6.29 Å². The summed E-state index contributed by atoms with van der Waals surface area (Å²) < 4.78 is 7.01. The zero-order valence-electron chi connectivity index (χ0n) is 11.5. The van der Waals surface area contributed by atoms with Crippen LogP contribution in [0.2, 0.25) is 0 Å². The van der Waals surface area contributed by atoms with Crippen LogP contribution in [-0.2, 0) is 0 Å². The first-order valence-electron chi connectivity index (χ1n) is 7.01. The summed E-state index contributed by atoms with van der Waals surface area (Å²) in [7, 11) is 0. The molecule has 0 aromatic carbocycles. The van der Waals surface area contributed by atoms with E-state index in [2.05, 4.69) is 25.6 Å². The molecule has 0 aliphatic carbocycles. The molecule has 0 spiro atoms. The van der Waals surface area contributed by atoms with Crippen molar-refractivity contribution in [3.8, 4) is 11.6 Å². The molecule has 2 aromatic rings. The summed E-state index contributed by atoms with van der Waals surface area (Å²) in [4.78, 5) is 6.77. The van der Waals surface area contributed by atoms with Crippen molar-refractivity contribution >= 4 is 6.08 Å². The third-order valence-electron chi connectivity index (χ3n) is 3.68. The highest BCUT2D eigenvalue weighted by Gasteiger charge is 2.24. The molecular weight excluding hydrogens is 270 g/mol. The number of hydrogen-bond acceptors (Lipinski definition) is 7. The smallest absolute Gasteiger partial charge is 0.217 e. The number of piperazine rings is 1. The van der Waals surface area contributed by atoms with Gasteiger partial charge in [0.05, 0.1) is 6.26 Å². The summed E-state index contributed by atoms with van der Waals surface area (Å²) in [5.74, 6) is 2.92. The highest BCUT2D eigenvalue weighted by molar-refractivity contribution is 5.52. The Kier molecular flexibility index (Phi) is 2.90. The molecule has 4 heterocycles. The Morgan fingerprint density at radius 1 is 1.33 bits per heavy atom. The molecule has 4 rings (SSSR count). The first-order chi connectivity index (χ1) is 10.3. The van der Waals surface area contributed by atoms with E-state index in [1.54, 1.807) is 10.9 Å². The van der Waals surface area contributed by atoms with Gasteiger partial charge in [0, 0.05) is 32.3 Å². The van der Waals surface area contributed by atoms with Gasteiger partial charge in [-0.2, -0.15) is 0 Å². The van der Waals surface area contributed by atoms with E-state index in [0.29, 0.717) is 11.6 Å². The van der Waals surface area contributed by atoms with E-state index >= 15 is 0 Å². The number of fused-ring (bicyclic) bond motifs is 1. The topological polar surface area (TPSA) is 97.2 Å². The minimum absolute atomic E-state index is 0.425. The second-order valence-corrected chi connectivity index (χ2v) is 5.07. The van der Waals surface area contributed by atoms with Gasteiger partial charge in [-0.1, -0.05) is 0 Å². The lowest BCUT2D eigenvalue weighted by molar-refractivity contribution is 0.252. The predicted octanol–water partition coefficient (Wildman–Crippen LogP) is -0.240. The normalized spacial score (nSPS) is 21.7. The molecule has 110 valence electrons. The average Bonchev–Trinajstić information content (AvgIpc) is 3.17. The number of nitrogens with one attached hydrogen (secondary N) is 2. The summed E-state index contributed by atoms with van der Waals surface area (Å²) >= 11 is 0. The van der Waals surface area contributed by atoms with Crippen molar-refractivity contribution < 1.29 is 4.42 Å². The molecule has 0 saturated carbocycles. The third-order valence-corrected chi connectivity index (χ3v) is 3.68. The molecule has 2 aliphatic heterocycles. The summed E-state index contributed by atoms with van der Waals surface area (Å²) in [6, 6.07) is 3.65. The summed E-state index contributed by atoms with van der Waals surface area (Å²) in [6.07, 6.45) is 3.16. The fourth-order valence-electron chi connectivity index (χ4n) is 2.61. The van der Waals surface area contributed by atoms with Crippen molar-refractivity contribution in [2.75, 3.05) is 26.2 Å². The SMILES string of the molecule is NC1NC(N2CCNCC2)=Cc2nc(-c3ccco3)nn21. The van der Waals surface area contributed by atoms with E-state index in [1.165, 1.54) is 0 Å². The van der Waals surface area contributed by atoms with Crippen molar-refractivity contribution in [3.05, 3.63) is 30.0 Å². The van der Waals surface area contributed by atoms with Crippen LogP contribution >= 0.6 is 0 Å². The van der Waals surface area contributed by atoms with Crippen LogP contribution in [0.1, 0.15) is 12.1 Å². The van der Waals surface area contributed by atoms with Gasteiger partial charge in [0.1, 0.15) is 5.82 Å². The predicted molar refractivity (Wildman–Crippen MR) is 76.5 cm³/mol. The van der Waals surface area contributed by atoms with Crippen LogP contribution in [0.15, 0.2) is 28.6 Å². The zero-order chi connectivity index (χ0) is 14.2. The van der Waals surface area contributed by atoms with Crippen LogP contribution in [0.3, 0.4) is 0 Å². The molecule has 0 bridgehead atoms. The molecule has 0 radical (unpaired) electrons. The van der Waals surface area contributed by atoms with Crippen LogP contribution in [-0.4, -0.2) is 45.8 Å². The lowest BCUT2D eigenvalue weighted by atomic mass is 10.3. The van der Waals surface area contributed by atoms with E-state index in [9.17, 15) is 0 Å². The van der Waals surface area contributed by atoms with Gasteiger partial charge in [0.25, 0.3) is 0 Å². The number of nitrogens with two attached hydrogens (primary N) is 1. The number of aromatic nitrogens is 3. The van der Waals surface area contributed by atoms with Gasteiger partial charge in [-0.15, -0.1) is 5.10 Å². The van der Waals surface area contributed by atoms with Crippen LogP contribution in [0, 0.1) is 0 Å². The molecule has 1 fully saturated rings. The van der Waals surface area contributed by atoms with Gasteiger partial charge in [-0.25, -0.2) is 9.67 Å². The van der Waals surface area contributed by atoms with Crippen molar-refractivity contribution in [2.45, 2.75) is 6.29 Å². The second-order valence-electron chi connectivity index (χ2n) is 5.07. The van der Waals surface area contributed by atoms with E-state index in [-0.39, 0.29) is 0 Å². The molecule has 2 aromatic heterocycles. The zero-order valence-corrected chi connectivity index (χ0v) is 11.5. The second kappa shape index (κ2) is 4.90. The van der Waals surface area contributed by atoms with Crippen LogP contribution < -0.4 is 16.4 Å². The molecule has 1 atom stereocenters. The molecular formula is C13H17N7O. The largest absolute Gasteiger partial charge is 0.461 e. The minimum atomic E-state index is -0.425. The Morgan fingerprint density at radius 3 is 2.95 bits per heavy atom. The first kappa shape index (κ1) is 12.4. The lowest BCUT2D eigenvalue weighted by Gasteiger charge is -2.35. The Morgan fingerprint density at radius 2 is 2.19 bits per heavy atom. The highest BCUT2D eigenvalue weighted by Crippen LogP contribution is 2.22. The van der Waals surface area contributed by atoms with E-state index in [1.807, 2.05) is 18.2 Å². The fraction of sp³-hybridized carbons (Fsp3) is 0.385. The van der Waals surface area contributed by atoms with Crippen molar-refractivity contribution in [3.63, 3.8) is 0 Å². The highest BCUT2D eigenvalue weighted by atomic mass is 16.3. The minimum Gasteiger partial charge on any atom is -0.461 e. The van der Waals surface area contributed by atoms with Crippen LogP contribution in [0.5, 0.6) is 0 Å². The van der Waals surface area contributed by atoms with Gasteiger partial charge in [0.2, 0.25) is 5.82 Å². The van der Waals surface area contributed by atoms with Gasteiger partial charge in [-0.3, -0.25) is 5.73 Å². The maximum atomic E-state index is 6.15. The van der Waals surface area contributed by atoms with Crippen molar-refractivity contribution in [1.82, 2.24) is 30.3 Å². The van der Waals surface area contributed by atoms with Gasteiger partial charge in [-0.05, 0) is 12.1 Å². The maximum absolute atomic E-state index is 6.15. The molecule has 0 amide bonds. The van der Waals surface area contributed by atoms with Gasteiger partial charge >= 0.3 is 0 Å². The molecule has 4 N–H and O–H groups in total. The lowest BCUT2D eigenvalue weighted by Crippen LogP contribution is -2.49. The number of hydrogen-bond donors (Lipinski definition) is 3. The molecule has 1 unspecified atom stereocenters. The maximum Gasteiger partial charge on any atom is 0.217 e. The number of nitrogens with zero attached hydrogens (tertiary/aromatic N) is 4. The Labute approximate surface area is 121 Å². The summed E-state index contributed by atoms with van der Waals surface area (Å²) in [6.45, 7) is 3.84. The Hall–Kier alpha value is -2.32. The van der Waals surface area contributed by atoms with E-state index in [4.69, 9.17) is 10.2 Å². The number of rotatable bonds is 2. The quantitative estimate of drug-likeness (QED) is 0.701. The molecule has 1 saturated heterocycles. The number of furan rings is 1. The molecule has 8 nitrogen and oxygen atoms in total. The summed E-state index contributed by atoms with van der Waals surface area (Å²) in [5.41, 5.74) is 6.15. The Bertz CT molecular complexity index is 654. The molecule has 21 heavy (non-hydrogen) atoms. The standard InChI is InChI=1S/C13H17N7O/c14-13-17-10(19-5-3-15-4-6-19)8-11-16-12(18-20(11)13)9-2-1-7-21-9/h1-2,7-8,13,15,17H,3-6,14H2. The van der Waals surface area contributed by atoms with Gasteiger partial charge in [0.15, 0.2) is 17.9 Å². The van der Waals surface area contributed by atoms with Crippen LogP contribution in [0.25, 0.3) is 17.7 Å². The van der Waals surface area contributed by atoms with Gasteiger partial charge < -0.3 is 20.0 Å². The van der Waals surface area contributed by atoms with Crippen LogP contribution in [0.4, 0.5) is 0 Å². The fourth-order valence-corrected chi connectivity index (χ4v) is 2.61. The van der Waals surface area contributed by atoms with E-state index in [0.717, 1.165) is 37.8 Å². The average molecular weight is 287 g/mol. The first-order valence-corrected chi connectivity index (χ1v) is 7.01. The van der Waals surface area contributed by atoms with Crippen molar-refractivity contribution in [1.29, 1.82) is 0 Å². The molecule has 8 heteroatoms. The van der Waals surface area contributed by atoms with Crippen molar-refractivity contribution in [2.24, 2.45) is 5.73 Å². The Balaban J connectivity index is 1.68. The monoisotopic (exact) mass is 287 g/mol. The molecule has 2 aliphatic rings. The third kappa shape index (κ3) is 2.18.